The van der Waals surface area contributed by atoms with Crippen molar-refractivity contribution in [2.24, 2.45) is 5.10 Å². The maximum Gasteiger partial charge on any atom is 0.338 e. The van der Waals surface area contributed by atoms with Crippen LogP contribution in [0.3, 0.4) is 0 Å². The number of halogens is 2. The smallest absolute Gasteiger partial charge is 0.338 e. The van der Waals surface area contributed by atoms with Crippen LogP contribution in [0.25, 0.3) is 0 Å². The van der Waals surface area contributed by atoms with Crippen LogP contribution in [0, 0.1) is 3.57 Å². The van der Waals surface area contributed by atoms with E-state index in [4.69, 9.17) is 23.7 Å². The highest BCUT2D eigenvalue weighted by molar-refractivity contribution is 14.1. The largest absolute Gasteiger partial charge is 0.493 e. The average Bonchev–Trinajstić information content (AvgIpc) is 3.04. The number of carbonyl (C=O) groups excluding carboxylic acids is 3. The van der Waals surface area contributed by atoms with E-state index in [1.54, 1.807) is 44.2 Å². The lowest BCUT2D eigenvalue weighted by Crippen LogP contribution is -2.45. The van der Waals surface area contributed by atoms with Crippen LogP contribution in [-0.4, -0.2) is 51.1 Å². The summed E-state index contributed by atoms with van der Waals surface area (Å²) in [5, 5.41) is 9.39. The SMILES string of the molecule is CCOC(=O)C1=C(C)NC(=O)N[C@@H]1c1ccc(OCC(=O)N/N=C\c2cc(Br)c(OCc3ccc(I)cc3)c(OCC)c2)c(OC)c1. The van der Waals surface area contributed by atoms with Gasteiger partial charge in [0, 0.05) is 9.27 Å². The molecule has 0 bridgehead atoms. The summed E-state index contributed by atoms with van der Waals surface area (Å²) in [5.41, 5.74) is 5.34. The van der Waals surface area contributed by atoms with E-state index in [0.717, 1.165) is 9.13 Å². The summed E-state index contributed by atoms with van der Waals surface area (Å²) in [5.74, 6) is 0.601. The Morgan fingerprint density at radius 3 is 2.47 bits per heavy atom. The fourth-order valence-electron chi connectivity index (χ4n) is 4.56. The van der Waals surface area contributed by atoms with Gasteiger partial charge in [0.15, 0.2) is 29.6 Å². The molecule has 14 heteroatoms. The second-order valence-corrected chi connectivity index (χ2v) is 12.1. The summed E-state index contributed by atoms with van der Waals surface area (Å²) in [6.07, 6.45) is 1.48. The van der Waals surface area contributed by atoms with Crippen LogP contribution >= 0.6 is 38.5 Å². The molecule has 4 rings (SSSR count). The molecule has 1 aliphatic rings. The summed E-state index contributed by atoms with van der Waals surface area (Å²) in [6, 6.07) is 15.3. The number of ether oxygens (including phenoxy) is 5. The molecule has 1 heterocycles. The second-order valence-electron chi connectivity index (χ2n) is 9.96. The summed E-state index contributed by atoms with van der Waals surface area (Å²) in [7, 11) is 1.44. The number of hydrazone groups is 1. The third-order valence-corrected chi connectivity index (χ3v) is 7.98. The van der Waals surface area contributed by atoms with Crippen LogP contribution in [-0.2, 0) is 20.9 Å². The Balaban J connectivity index is 1.38. The quantitative estimate of drug-likeness (QED) is 0.0807. The predicted molar refractivity (Wildman–Crippen MR) is 187 cm³/mol. The van der Waals surface area contributed by atoms with Gasteiger partial charge in [0.25, 0.3) is 5.91 Å². The summed E-state index contributed by atoms with van der Waals surface area (Å²) in [6.45, 7) is 5.83. The number of nitrogens with one attached hydrogen (secondary N) is 3. The molecule has 1 aliphatic heterocycles. The van der Waals surface area contributed by atoms with Gasteiger partial charge >= 0.3 is 12.0 Å². The normalized spacial score (nSPS) is 14.3. The summed E-state index contributed by atoms with van der Waals surface area (Å²) >= 11 is 5.81. The number of esters is 1. The predicted octanol–water partition coefficient (Wildman–Crippen LogP) is 5.76. The highest BCUT2D eigenvalue weighted by Gasteiger charge is 2.32. The molecule has 0 fully saturated rings. The van der Waals surface area contributed by atoms with Crippen LogP contribution in [0.1, 0.15) is 43.5 Å². The van der Waals surface area contributed by atoms with E-state index >= 15 is 0 Å². The van der Waals surface area contributed by atoms with E-state index in [-0.39, 0.29) is 24.5 Å². The van der Waals surface area contributed by atoms with Crippen molar-refractivity contribution in [1.82, 2.24) is 16.1 Å². The zero-order valence-corrected chi connectivity index (χ0v) is 29.9. The summed E-state index contributed by atoms with van der Waals surface area (Å²) in [4.78, 5) is 37.4. The Kier molecular flexibility index (Phi) is 12.9. The average molecular weight is 821 g/mol. The fourth-order valence-corrected chi connectivity index (χ4v) is 5.50. The van der Waals surface area contributed by atoms with Crippen molar-refractivity contribution in [3.05, 3.63) is 90.6 Å². The van der Waals surface area contributed by atoms with E-state index in [1.165, 1.54) is 13.3 Å². The lowest BCUT2D eigenvalue weighted by atomic mass is 9.95. The van der Waals surface area contributed by atoms with Crippen molar-refractivity contribution in [3.8, 4) is 23.0 Å². The topological polar surface area (TPSA) is 146 Å². The first-order valence-electron chi connectivity index (χ1n) is 14.5. The molecule has 3 amide bonds. The zero-order chi connectivity index (χ0) is 33.9. The third kappa shape index (κ3) is 9.60. The maximum absolute atomic E-state index is 12.6. The van der Waals surface area contributed by atoms with Gasteiger partial charge in [-0.1, -0.05) is 18.2 Å². The molecule has 0 aromatic heterocycles. The van der Waals surface area contributed by atoms with Gasteiger partial charge in [-0.2, -0.15) is 5.10 Å². The van der Waals surface area contributed by atoms with Crippen LogP contribution in [0.5, 0.6) is 23.0 Å². The van der Waals surface area contributed by atoms with Crippen molar-refractivity contribution < 1.29 is 38.1 Å². The Morgan fingerprint density at radius 1 is 1.00 bits per heavy atom. The van der Waals surface area contributed by atoms with Crippen molar-refractivity contribution in [1.29, 1.82) is 0 Å². The van der Waals surface area contributed by atoms with Crippen LogP contribution < -0.4 is 35.0 Å². The molecule has 0 radical (unpaired) electrons. The minimum atomic E-state index is -0.778. The number of nitrogens with zero attached hydrogens (tertiary/aromatic N) is 1. The van der Waals surface area contributed by atoms with Crippen molar-refractivity contribution in [3.63, 3.8) is 0 Å². The monoisotopic (exact) mass is 820 g/mol. The number of methoxy groups -OCH3 is 1. The number of rotatable bonds is 14. The number of urea groups is 1. The first kappa shape index (κ1) is 35.5. The van der Waals surface area contributed by atoms with Gasteiger partial charge in [0.05, 0.1) is 42.6 Å². The highest BCUT2D eigenvalue weighted by Crippen LogP contribution is 2.37. The summed E-state index contributed by atoms with van der Waals surface area (Å²) < 4.78 is 30.0. The van der Waals surface area contributed by atoms with E-state index in [2.05, 4.69) is 59.7 Å². The van der Waals surface area contributed by atoms with Gasteiger partial charge in [0.1, 0.15) is 6.61 Å². The van der Waals surface area contributed by atoms with Gasteiger partial charge in [0.2, 0.25) is 0 Å². The number of hydrogen-bond acceptors (Lipinski definition) is 9. The Bertz CT molecular complexity index is 1680. The molecule has 1 atom stereocenters. The van der Waals surface area contributed by atoms with Crippen LogP contribution in [0.15, 0.2) is 75.4 Å². The molecular weight excluding hydrogens is 787 g/mol. The molecule has 0 saturated carbocycles. The van der Waals surface area contributed by atoms with Crippen LogP contribution in [0.4, 0.5) is 4.79 Å². The van der Waals surface area contributed by atoms with Crippen LogP contribution in [0.2, 0.25) is 0 Å². The Morgan fingerprint density at radius 2 is 1.77 bits per heavy atom. The molecular formula is C33H34BrIN4O8. The number of carbonyl (C=O) groups is 3. The molecule has 248 valence electrons. The van der Waals surface area contributed by atoms with Gasteiger partial charge in [-0.25, -0.2) is 15.0 Å². The highest BCUT2D eigenvalue weighted by atomic mass is 127. The number of benzene rings is 3. The van der Waals surface area contributed by atoms with E-state index in [1.807, 2.05) is 31.2 Å². The maximum atomic E-state index is 12.6. The molecule has 0 spiro atoms. The lowest BCUT2D eigenvalue weighted by molar-refractivity contribution is -0.139. The molecule has 12 nitrogen and oxygen atoms in total. The van der Waals surface area contributed by atoms with Crippen molar-refractivity contribution >= 4 is 62.6 Å². The van der Waals surface area contributed by atoms with Gasteiger partial charge < -0.3 is 34.3 Å². The Labute approximate surface area is 294 Å². The van der Waals surface area contributed by atoms with E-state index < -0.39 is 23.9 Å². The molecule has 0 saturated heterocycles. The van der Waals surface area contributed by atoms with E-state index in [9.17, 15) is 14.4 Å². The first-order chi connectivity index (χ1) is 22.6. The number of hydrogen-bond donors (Lipinski definition) is 3. The fraction of sp³-hybridized carbons (Fsp3) is 0.273. The van der Waals surface area contributed by atoms with Gasteiger partial charge in [-0.3, -0.25) is 4.79 Å². The molecule has 3 N–H and O–H groups in total. The lowest BCUT2D eigenvalue weighted by Gasteiger charge is -2.28. The zero-order valence-electron chi connectivity index (χ0n) is 26.1. The molecule has 0 aliphatic carbocycles. The van der Waals surface area contributed by atoms with Gasteiger partial charge in [-0.15, -0.1) is 0 Å². The van der Waals surface area contributed by atoms with Crippen molar-refractivity contribution in [2.75, 3.05) is 26.9 Å². The molecule has 47 heavy (non-hydrogen) atoms. The van der Waals surface area contributed by atoms with E-state index in [0.29, 0.717) is 51.8 Å². The number of allylic oxidation sites excluding steroid dienone is 1. The minimum Gasteiger partial charge on any atom is -0.493 e. The molecule has 0 unspecified atom stereocenters. The minimum absolute atomic E-state index is 0.181. The second kappa shape index (κ2) is 17.0. The molecule has 3 aromatic carbocycles. The number of amides is 3. The van der Waals surface area contributed by atoms with Crippen molar-refractivity contribution in [2.45, 2.75) is 33.4 Å². The third-order valence-electron chi connectivity index (χ3n) is 6.68. The molecule has 3 aromatic rings. The Hall–Kier alpha value is -4.31. The van der Waals surface area contributed by atoms with Gasteiger partial charge in [-0.05, 0) is 112 Å². The standard InChI is InChI=1S/C33H34BrIN4O8/c1-5-44-27-14-21(13-24(34)31(27)47-17-20-7-10-23(35)11-8-20)16-36-39-28(40)18-46-25-12-9-22(15-26(25)43-4)30-29(32(41)45-6-2)19(3)37-33(42)38-30/h7-16,30H,5-6,17-18H2,1-4H3,(H,39,40)(H2,37,38,42)/b36-16-/t30-/m1/s1. The first-order valence-corrected chi connectivity index (χ1v) is 16.4.